The van der Waals surface area contributed by atoms with Gasteiger partial charge in [-0.15, -0.1) is 0 Å². The van der Waals surface area contributed by atoms with Crippen molar-refractivity contribution in [1.82, 2.24) is 0 Å². The van der Waals surface area contributed by atoms with Crippen LogP contribution < -0.4 is 0 Å². The molecule has 0 N–H and O–H groups in total. The first-order chi connectivity index (χ1) is 7.86. The molecule has 2 rings (SSSR count). The van der Waals surface area contributed by atoms with Crippen LogP contribution in [0.3, 0.4) is 0 Å². The maximum atomic E-state index is 5.82. The summed E-state index contributed by atoms with van der Waals surface area (Å²) in [7, 11) is 1.94. The molecule has 0 heterocycles. The number of methoxy groups -OCH3 is 1. The zero-order chi connectivity index (χ0) is 11.4. The van der Waals surface area contributed by atoms with E-state index < -0.39 is 0 Å². The Morgan fingerprint density at radius 1 is 1.19 bits per heavy atom. The summed E-state index contributed by atoms with van der Waals surface area (Å²) in [4.78, 5) is 0. The normalized spacial score (nSPS) is 32.6. The molecule has 2 saturated carbocycles. The van der Waals surface area contributed by atoms with Crippen molar-refractivity contribution in [2.24, 2.45) is 17.8 Å². The summed E-state index contributed by atoms with van der Waals surface area (Å²) in [6.07, 6.45) is 13.5. The minimum Gasteiger partial charge on any atom is -0.381 e. The standard InChI is InChI=1S/C15H28O/c1-3-4-8-13-11-14(13)15(16-2)12-9-6-5-7-10-12/h12-15H,3-11H2,1-2H3/t13-,14?,15+/m0/s1. The number of hydrogen-bond acceptors (Lipinski definition) is 1. The largest absolute Gasteiger partial charge is 0.381 e. The Labute approximate surface area is 101 Å². The van der Waals surface area contributed by atoms with E-state index in [-0.39, 0.29) is 0 Å². The Kier molecular flexibility index (Phi) is 4.69. The minimum atomic E-state index is 0.599. The van der Waals surface area contributed by atoms with Crippen LogP contribution in [0.4, 0.5) is 0 Å². The van der Waals surface area contributed by atoms with Gasteiger partial charge in [0.2, 0.25) is 0 Å². The van der Waals surface area contributed by atoms with E-state index in [9.17, 15) is 0 Å². The Balaban J connectivity index is 1.77. The lowest BCUT2D eigenvalue weighted by Gasteiger charge is -2.29. The summed E-state index contributed by atoms with van der Waals surface area (Å²) in [5, 5.41) is 0. The van der Waals surface area contributed by atoms with Crippen molar-refractivity contribution in [3.63, 3.8) is 0 Å². The number of unbranched alkanes of at least 4 members (excludes halogenated alkanes) is 1. The fourth-order valence-electron chi connectivity index (χ4n) is 3.65. The van der Waals surface area contributed by atoms with Crippen molar-refractivity contribution in [2.45, 2.75) is 70.8 Å². The average Bonchev–Trinajstić information content (AvgIpc) is 3.08. The highest BCUT2D eigenvalue weighted by Gasteiger charge is 2.45. The molecule has 0 aromatic carbocycles. The van der Waals surface area contributed by atoms with Crippen LogP contribution in [0.1, 0.15) is 64.7 Å². The number of rotatable bonds is 6. The van der Waals surface area contributed by atoms with Crippen molar-refractivity contribution in [2.75, 3.05) is 7.11 Å². The molecule has 0 amide bonds. The third kappa shape index (κ3) is 3.00. The Bertz CT molecular complexity index is 196. The second kappa shape index (κ2) is 6.05. The SMILES string of the molecule is CCCC[C@H]1CC1[C@H](OC)C1CCCCC1. The number of ether oxygens (including phenoxy) is 1. The lowest BCUT2D eigenvalue weighted by Crippen LogP contribution is -2.27. The molecule has 2 aliphatic carbocycles. The molecule has 0 saturated heterocycles. The molecule has 0 radical (unpaired) electrons. The monoisotopic (exact) mass is 224 g/mol. The van der Waals surface area contributed by atoms with Crippen LogP contribution in [-0.2, 0) is 4.74 Å². The average molecular weight is 224 g/mol. The van der Waals surface area contributed by atoms with E-state index in [1.165, 1.54) is 57.8 Å². The minimum absolute atomic E-state index is 0.599. The molecule has 0 aliphatic heterocycles. The molecule has 1 nitrogen and oxygen atoms in total. The van der Waals surface area contributed by atoms with Crippen molar-refractivity contribution in [1.29, 1.82) is 0 Å². The first kappa shape index (κ1) is 12.4. The summed E-state index contributed by atoms with van der Waals surface area (Å²) in [6.45, 7) is 2.30. The fraction of sp³-hybridized carbons (Fsp3) is 1.00. The second-order valence-corrected chi connectivity index (χ2v) is 5.90. The van der Waals surface area contributed by atoms with E-state index in [0.717, 1.165) is 17.8 Å². The maximum Gasteiger partial charge on any atom is 0.0630 e. The molecule has 0 spiro atoms. The smallest absolute Gasteiger partial charge is 0.0630 e. The molecule has 2 fully saturated rings. The molecular formula is C15H28O. The zero-order valence-corrected chi connectivity index (χ0v) is 11.1. The fourth-order valence-corrected chi connectivity index (χ4v) is 3.65. The van der Waals surface area contributed by atoms with E-state index >= 15 is 0 Å². The van der Waals surface area contributed by atoms with Crippen molar-refractivity contribution in [3.8, 4) is 0 Å². The molecule has 0 aromatic heterocycles. The van der Waals surface area contributed by atoms with Gasteiger partial charge < -0.3 is 4.74 Å². The molecular weight excluding hydrogens is 196 g/mol. The van der Waals surface area contributed by atoms with Gasteiger partial charge in [-0.1, -0.05) is 45.4 Å². The van der Waals surface area contributed by atoms with Crippen LogP contribution in [0, 0.1) is 17.8 Å². The van der Waals surface area contributed by atoms with E-state index in [0.29, 0.717) is 6.10 Å². The molecule has 16 heavy (non-hydrogen) atoms. The Morgan fingerprint density at radius 3 is 2.56 bits per heavy atom. The van der Waals surface area contributed by atoms with Gasteiger partial charge in [-0.3, -0.25) is 0 Å². The van der Waals surface area contributed by atoms with Gasteiger partial charge in [0.05, 0.1) is 6.10 Å². The van der Waals surface area contributed by atoms with Gasteiger partial charge in [0.25, 0.3) is 0 Å². The van der Waals surface area contributed by atoms with Gasteiger partial charge in [0.15, 0.2) is 0 Å². The third-order valence-corrected chi connectivity index (χ3v) is 4.71. The van der Waals surface area contributed by atoms with Crippen molar-refractivity contribution < 1.29 is 4.74 Å². The second-order valence-electron chi connectivity index (χ2n) is 5.90. The lowest BCUT2D eigenvalue weighted by molar-refractivity contribution is 0.0162. The number of hydrogen-bond donors (Lipinski definition) is 0. The highest BCUT2D eigenvalue weighted by molar-refractivity contribution is 4.95. The van der Waals surface area contributed by atoms with E-state index in [1.807, 2.05) is 7.11 Å². The predicted molar refractivity (Wildman–Crippen MR) is 68.5 cm³/mol. The molecule has 2 aliphatic rings. The predicted octanol–water partition coefficient (Wildman–Crippen LogP) is 4.41. The Morgan fingerprint density at radius 2 is 1.94 bits per heavy atom. The van der Waals surface area contributed by atoms with E-state index in [1.54, 1.807) is 0 Å². The first-order valence-corrected chi connectivity index (χ1v) is 7.39. The van der Waals surface area contributed by atoms with Crippen molar-refractivity contribution >= 4 is 0 Å². The third-order valence-electron chi connectivity index (χ3n) is 4.71. The molecule has 94 valence electrons. The molecule has 0 aromatic rings. The first-order valence-electron chi connectivity index (χ1n) is 7.39. The topological polar surface area (TPSA) is 9.23 Å². The highest BCUT2D eigenvalue weighted by atomic mass is 16.5. The summed E-state index contributed by atoms with van der Waals surface area (Å²) in [6, 6.07) is 0. The van der Waals surface area contributed by atoms with Gasteiger partial charge in [-0.05, 0) is 37.0 Å². The maximum absolute atomic E-state index is 5.82. The highest BCUT2D eigenvalue weighted by Crippen LogP contribution is 2.49. The van der Waals surface area contributed by atoms with E-state index in [4.69, 9.17) is 4.74 Å². The van der Waals surface area contributed by atoms with Crippen molar-refractivity contribution in [3.05, 3.63) is 0 Å². The van der Waals surface area contributed by atoms with E-state index in [2.05, 4.69) is 6.92 Å². The molecule has 1 unspecified atom stereocenters. The molecule has 1 heteroatoms. The van der Waals surface area contributed by atoms with Crippen LogP contribution in [0.25, 0.3) is 0 Å². The summed E-state index contributed by atoms with van der Waals surface area (Å²) in [5.74, 6) is 2.81. The molecule has 0 bridgehead atoms. The summed E-state index contributed by atoms with van der Waals surface area (Å²) in [5.41, 5.74) is 0. The lowest BCUT2D eigenvalue weighted by atomic mass is 9.83. The Hall–Kier alpha value is -0.0400. The van der Waals surface area contributed by atoms with Crippen LogP contribution in [-0.4, -0.2) is 13.2 Å². The van der Waals surface area contributed by atoms with Gasteiger partial charge in [0.1, 0.15) is 0 Å². The van der Waals surface area contributed by atoms with Gasteiger partial charge >= 0.3 is 0 Å². The van der Waals surface area contributed by atoms with Gasteiger partial charge in [0, 0.05) is 7.11 Å². The van der Waals surface area contributed by atoms with Gasteiger partial charge in [-0.2, -0.15) is 0 Å². The molecule has 3 atom stereocenters. The van der Waals surface area contributed by atoms with Crippen LogP contribution >= 0.6 is 0 Å². The van der Waals surface area contributed by atoms with Gasteiger partial charge in [-0.25, -0.2) is 0 Å². The summed E-state index contributed by atoms with van der Waals surface area (Å²) >= 11 is 0. The summed E-state index contributed by atoms with van der Waals surface area (Å²) < 4.78 is 5.82. The quantitative estimate of drug-likeness (QED) is 0.649. The van der Waals surface area contributed by atoms with Crippen LogP contribution in [0.5, 0.6) is 0 Å². The zero-order valence-electron chi connectivity index (χ0n) is 11.1. The van der Waals surface area contributed by atoms with Crippen LogP contribution in [0.15, 0.2) is 0 Å². The van der Waals surface area contributed by atoms with Crippen LogP contribution in [0.2, 0.25) is 0 Å².